The quantitative estimate of drug-likeness (QED) is 0.796. The van der Waals surface area contributed by atoms with Crippen LogP contribution in [0.1, 0.15) is 30.1 Å². The summed E-state index contributed by atoms with van der Waals surface area (Å²) >= 11 is 12.1. The van der Waals surface area contributed by atoms with E-state index in [0.29, 0.717) is 17.1 Å². The van der Waals surface area contributed by atoms with Crippen LogP contribution < -0.4 is 0 Å². The number of hydrogen-bond acceptors (Lipinski definition) is 2. The van der Waals surface area contributed by atoms with Crippen molar-refractivity contribution in [3.63, 3.8) is 0 Å². The zero-order valence-corrected chi connectivity index (χ0v) is 13.2. The standard InChI is InChI=1S/C15H16Cl2N2O2/c1-9-14(20)18-7-3-4-10(18)8-19(9)15(21)11-5-2-6-12(16)13(11)17/h2,5-6,9-10H,3-4,7-8H2,1H3/t9-,10+/m0/s1. The minimum absolute atomic E-state index is 0.0234. The molecule has 2 heterocycles. The molecule has 2 aliphatic rings. The third-order valence-corrected chi connectivity index (χ3v) is 5.15. The highest BCUT2D eigenvalue weighted by molar-refractivity contribution is 6.43. The van der Waals surface area contributed by atoms with Crippen molar-refractivity contribution < 1.29 is 9.59 Å². The minimum Gasteiger partial charge on any atom is -0.336 e. The maximum atomic E-state index is 12.7. The van der Waals surface area contributed by atoms with Crippen molar-refractivity contribution in [2.24, 2.45) is 0 Å². The Labute approximate surface area is 133 Å². The van der Waals surface area contributed by atoms with E-state index in [4.69, 9.17) is 23.2 Å². The second-order valence-corrected chi connectivity index (χ2v) is 6.35. The monoisotopic (exact) mass is 326 g/mol. The number of carbonyl (C=O) groups excluding carboxylic acids is 2. The van der Waals surface area contributed by atoms with Gasteiger partial charge in [-0.05, 0) is 31.9 Å². The lowest BCUT2D eigenvalue weighted by atomic mass is 10.1. The molecule has 0 unspecified atom stereocenters. The van der Waals surface area contributed by atoms with Gasteiger partial charge in [0.1, 0.15) is 6.04 Å². The van der Waals surface area contributed by atoms with Crippen LogP contribution in [0.25, 0.3) is 0 Å². The maximum Gasteiger partial charge on any atom is 0.256 e. The van der Waals surface area contributed by atoms with Gasteiger partial charge in [0.05, 0.1) is 15.6 Å². The first kappa shape index (κ1) is 14.7. The van der Waals surface area contributed by atoms with Gasteiger partial charge in [0.25, 0.3) is 5.91 Å². The third kappa shape index (κ3) is 2.40. The van der Waals surface area contributed by atoms with Crippen molar-refractivity contribution in [2.75, 3.05) is 13.1 Å². The summed E-state index contributed by atoms with van der Waals surface area (Å²) in [5.74, 6) is -0.204. The second-order valence-electron chi connectivity index (χ2n) is 5.56. The molecule has 2 saturated heterocycles. The molecule has 2 atom stereocenters. The molecule has 0 spiro atoms. The minimum atomic E-state index is -0.457. The number of fused-ring (bicyclic) bond motifs is 1. The molecule has 0 bridgehead atoms. The number of piperazine rings is 1. The highest BCUT2D eigenvalue weighted by atomic mass is 35.5. The smallest absolute Gasteiger partial charge is 0.256 e. The van der Waals surface area contributed by atoms with Crippen molar-refractivity contribution in [1.29, 1.82) is 0 Å². The van der Waals surface area contributed by atoms with E-state index in [1.54, 1.807) is 30.0 Å². The predicted octanol–water partition coefficient (Wildman–Crippen LogP) is 2.83. The summed E-state index contributed by atoms with van der Waals surface area (Å²) in [6.45, 7) is 3.13. The van der Waals surface area contributed by atoms with E-state index in [0.717, 1.165) is 19.4 Å². The van der Waals surface area contributed by atoms with E-state index in [1.165, 1.54) is 0 Å². The molecular weight excluding hydrogens is 311 g/mol. The van der Waals surface area contributed by atoms with Crippen LogP contribution in [0, 0.1) is 0 Å². The molecule has 2 fully saturated rings. The van der Waals surface area contributed by atoms with Gasteiger partial charge in [0.2, 0.25) is 5.91 Å². The number of hydrogen-bond donors (Lipinski definition) is 0. The lowest BCUT2D eigenvalue weighted by Gasteiger charge is -2.41. The summed E-state index contributed by atoms with van der Waals surface area (Å²) in [6.07, 6.45) is 1.95. The Hall–Kier alpha value is -1.26. The molecule has 4 nitrogen and oxygen atoms in total. The molecule has 0 aliphatic carbocycles. The van der Waals surface area contributed by atoms with E-state index in [2.05, 4.69) is 0 Å². The number of amides is 2. The van der Waals surface area contributed by atoms with Gasteiger partial charge in [-0.15, -0.1) is 0 Å². The van der Waals surface area contributed by atoms with Gasteiger partial charge >= 0.3 is 0 Å². The van der Waals surface area contributed by atoms with Gasteiger partial charge in [-0.3, -0.25) is 9.59 Å². The molecule has 0 N–H and O–H groups in total. The average Bonchev–Trinajstić information content (AvgIpc) is 2.93. The van der Waals surface area contributed by atoms with Crippen LogP contribution in [0.3, 0.4) is 0 Å². The highest BCUT2D eigenvalue weighted by Gasteiger charge is 2.42. The summed E-state index contributed by atoms with van der Waals surface area (Å²) < 4.78 is 0. The predicted molar refractivity (Wildman–Crippen MR) is 81.7 cm³/mol. The molecule has 0 radical (unpaired) electrons. The van der Waals surface area contributed by atoms with Crippen LogP contribution in [0.2, 0.25) is 10.0 Å². The Kier molecular flexibility index (Phi) is 3.84. The Morgan fingerprint density at radius 1 is 1.33 bits per heavy atom. The van der Waals surface area contributed by atoms with Crippen molar-refractivity contribution >= 4 is 35.0 Å². The van der Waals surface area contributed by atoms with Gasteiger partial charge in [-0.2, -0.15) is 0 Å². The zero-order valence-electron chi connectivity index (χ0n) is 11.7. The van der Waals surface area contributed by atoms with Crippen LogP contribution in [-0.2, 0) is 4.79 Å². The molecule has 1 aromatic rings. The lowest BCUT2D eigenvalue weighted by Crippen LogP contribution is -2.60. The molecule has 112 valence electrons. The van der Waals surface area contributed by atoms with Crippen LogP contribution in [0.4, 0.5) is 0 Å². The average molecular weight is 327 g/mol. The van der Waals surface area contributed by atoms with Crippen LogP contribution in [-0.4, -0.2) is 46.8 Å². The van der Waals surface area contributed by atoms with Crippen molar-refractivity contribution in [3.05, 3.63) is 33.8 Å². The summed E-state index contributed by atoms with van der Waals surface area (Å²) in [5, 5.41) is 0.596. The van der Waals surface area contributed by atoms with Gasteiger partial charge in [0.15, 0.2) is 0 Å². The Bertz CT molecular complexity index is 605. The van der Waals surface area contributed by atoms with Crippen LogP contribution >= 0.6 is 23.2 Å². The fourth-order valence-electron chi connectivity index (χ4n) is 3.16. The SMILES string of the molecule is C[C@H]1C(=O)N2CCC[C@@H]2CN1C(=O)c1cccc(Cl)c1Cl. The normalized spacial score (nSPS) is 25.2. The molecule has 2 aliphatic heterocycles. The van der Waals surface area contributed by atoms with E-state index < -0.39 is 6.04 Å². The van der Waals surface area contributed by atoms with Gasteiger partial charge in [-0.25, -0.2) is 0 Å². The molecular formula is C15H16Cl2N2O2. The fraction of sp³-hybridized carbons (Fsp3) is 0.467. The molecule has 1 aromatic carbocycles. The van der Waals surface area contributed by atoms with Gasteiger partial charge in [0, 0.05) is 19.1 Å². The highest BCUT2D eigenvalue weighted by Crippen LogP contribution is 2.30. The first-order valence-corrected chi connectivity index (χ1v) is 7.81. The van der Waals surface area contributed by atoms with Crippen LogP contribution in [0.5, 0.6) is 0 Å². The summed E-state index contributed by atoms with van der Waals surface area (Å²) in [6, 6.07) is 4.66. The zero-order chi connectivity index (χ0) is 15.1. The summed E-state index contributed by atoms with van der Waals surface area (Å²) in [4.78, 5) is 28.6. The lowest BCUT2D eigenvalue weighted by molar-refractivity contribution is -0.141. The van der Waals surface area contributed by atoms with Gasteiger partial charge in [-0.1, -0.05) is 29.3 Å². The molecule has 6 heteroatoms. The Balaban J connectivity index is 1.90. The van der Waals surface area contributed by atoms with E-state index in [1.807, 2.05) is 4.90 Å². The van der Waals surface area contributed by atoms with Crippen molar-refractivity contribution in [2.45, 2.75) is 31.8 Å². The van der Waals surface area contributed by atoms with Crippen molar-refractivity contribution in [1.82, 2.24) is 9.80 Å². The molecule has 2 amide bonds. The molecule has 0 aromatic heterocycles. The fourth-order valence-corrected chi connectivity index (χ4v) is 3.54. The topological polar surface area (TPSA) is 40.6 Å². The van der Waals surface area contributed by atoms with E-state index >= 15 is 0 Å². The number of rotatable bonds is 1. The first-order valence-electron chi connectivity index (χ1n) is 7.06. The summed E-state index contributed by atoms with van der Waals surface area (Å²) in [7, 11) is 0. The molecule has 0 saturated carbocycles. The number of carbonyl (C=O) groups is 2. The van der Waals surface area contributed by atoms with Gasteiger partial charge < -0.3 is 9.80 Å². The number of benzene rings is 1. The van der Waals surface area contributed by atoms with E-state index in [-0.39, 0.29) is 22.9 Å². The largest absolute Gasteiger partial charge is 0.336 e. The van der Waals surface area contributed by atoms with Crippen molar-refractivity contribution in [3.8, 4) is 0 Å². The Morgan fingerprint density at radius 3 is 2.86 bits per heavy atom. The number of halogens is 2. The van der Waals surface area contributed by atoms with Crippen LogP contribution in [0.15, 0.2) is 18.2 Å². The Morgan fingerprint density at radius 2 is 2.10 bits per heavy atom. The maximum absolute atomic E-state index is 12.7. The second kappa shape index (κ2) is 5.50. The number of nitrogens with zero attached hydrogens (tertiary/aromatic N) is 2. The third-order valence-electron chi connectivity index (χ3n) is 4.34. The van der Waals surface area contributed by atoms with E-state index in [9.17, 15) is 9.59 Å². The molecule has 3 rings (SSSR count). The summed E-state index contributed by atoms with van der Waals surface area (Å²) in [5.41, 5.74) is 0.357. The first-order chi connectivity index (χ1) is 10.0. The molecule has 21 heavy (non-hydrogen) atoms.